The molecule has 7 nitrogen and oxygen atoms in total. The van der Waals surface area contributed by atoms with Crippen molar-refractivity contribution < 1.29 is 4.79 Å². The number of nitrogens with one attached hydrogen (secondary N) is 1. The smallest absolute Gasteiger partial charge is 0.234 e. The molecule has 1 amide bonds. The zero-order valence-corrected chi connectivity index (χ0v) is 9.85. The van der Waals surface area contributed by atoms with Gasteiger partial charge in [0.25, 0.3) is 0 Å². The molecule has 90 valence electrons. The van der Waals surface area contributed by atoms with E-state index in [1.54, 1.807) is 28.4 Å². The number of nitrogens with zero attached hydrogens (tertiary/aromatic N) is 4. The fourth-order valence-electron chi connectivity index (χ4n) is 1.23. The molecule has 2 aromatic heterocycles. The average molecular weight is 252 g/mol. The van der Waals surface area contributed by atoms with Crippen LogP contribution >= 0.6 is 11.3 Å². The van der Waals surface area contributed by atoms with Gasteiger partial charge in [-0.3, -0.25) is 4.79 Å². The maximum absolute atomic E-state index is 10.9. The molecule has 0 aliphatic rings. The molecule has 0 unspecified atom stereocenters. The zero-order valence-electron chi connectivity index (χ0n) is 9.04. The molecule has 17 heavy (non-hydrogen) atoms. The van der Waals surface area contributed by atoms with Crippen molar-refractivity contribution in [1.29, 1.82) is 0 Å². The topological polar surface area (TPSA) is 98.7 Å². The second kappa shape index (κ2) is 5.51. The lowest BCUT2D eigenvalue weighted by Crippen LogP contribution is -2.29. The minimum Gasteiger partial charge on any atom is -0.349 e. The Kier molecular flexibility index (Phi) is 3.78. The highest BCUT2D eigenvalue weighted by atomic mass is 32.1. The van der Waals surface area contributed by atoms with Crippen LogP contribution in [-0.4, -0.2) is 32.4 Å². The van der Waals surface area contributed by atoms with E-state index < -0.39 is 0 Å². The van der Waals surface area contributed by atoms with Crippen molar-refractivity contribution in [2.75, 3.05) is 6.54 Å². The molecule has 0 aromatic carbocycles. The number of hydrogen-bond acceptors (Lipinski definition) is 6. The van der Waals surface area contributed by atoms with Gasteiger partial charge in [-0.05, 0) is 0 Å². The Morgan fingerprint density at radius 3 is 3.18 bits per heavy atom. The number of carbonyl (C=O) groups is 1. The van der Waals surface area contributed by atoms with Crippen molar-refractivity contribution in [3.8, 4) is 0 Å². The molecule has 0 bridgehead atoms. The summed E-state index contributed by atoms with van der Waals surface area (Å²) in [5, 5.41) is 13.4. The molecule has 8 heteroatoms. The number of hydrogen-bond donors (Lipinski definition) is 2. The summed E-state index contributed by atoms with van der Waals surface area (Å²) in [6.07, 6.45) is 3.53. The second-order valence-corrected chi connectivity index (χ2v) is 4.29. The van der Waals surface area contributed by atoms with E-state index >= 15 is 0 Å². The summed E-state index contributed by atoms with van der Waals surface area (Å²) in [5.41, 5.74) is 5.87. The Bertz CT molecular complexity index is 479. The normalized spacial score (nSPS) is 10.4. The third-order valence-corrected chi connectivity index (χ3v) is 2.78. The highest BCUT2D eigenvalue weighted by Crippen LogP contribution is 2.05. The number of aromatic nitrogens is 4. The van der Waals surface area contributed by atoms with E-state index in [0.29, 0.717) is 18.8 Å². The van der Waals surface area contributed by atoms with Crippen LogP contribution in [0.2, 0.25) is 0 Å². The van der Waals surface area contributed by atoms with Crippen LogP contribution in [0.5, 0.6) is 0 Å². The van der Waals surface area contributed by atoms with Crippen LogP contribution < -0.4 is 11.1 Å². The van der Waals surface area contributed by atoms with Gasteiger partial charge < -0.3 is 11.1 Å². The van der Waals surface area contributed by atoms with E-state index in [0.717, 1.165) is 5.01 Å². The van der Waals surface area contributed by atoms with Gasteiger partial charge in [-0.25, -0.2) is 9.67 Å². The average Bonchev–Trinajstić information content (AvgIpc) is 2.98. The lowest BCUT2D eigenvalue weighted by Gasteiger charge is -1.98. The molecule has 3 N–H and O–H groups in total. The van der Waals surface area contributed by atoms with Crippen molar-refractivity contribution in [3.63, 3.8) is 0 Å². The fourth-order valence-corrected chi connectivity index (χ4v) is 1.84. The highest BCUT2D eigenvalue weighted by Gasteiger charge is 2.04. The number of thiazole rings is 1. The van der Waals surface area contributed by atoms with Crippen LogP contribution in [-0.2, 0) is 17.9 Å². The van der Waals surface area contributed by atoms with Crippen molar-refractivity contribution in [1.82, 2.24) is 25.3 Å². The van der Waals surface area contributed by atoms with Gasteiger partial charge in [0.1, 0.15) is 10.7 Å². The Balaban J connectivity index is 1.90. The standard InChI is InChI=1S/C9H12N6OS/c10-3-8(16)12-4-7-5-15(14-13-7)6-9-11-1-2-17-9/h1-2,5H,3-4,6,10H2,(H,12,16). The Morgan fingerprint density at radius 1 is 1.59 bits per heavy atom. The molecule has 0 aliphatic heterocycles. The first-order chi connectivity index (χ1) is 8.28. The van der Waals surface area contributed by atoms with Gasteiger partial charge in [-0.1, -0.05) is 5.21 Å². The van der Waals surface area contributed by atoms with Gasteiger partial charge in [-0.15, -0.1) is 16.4 Å². The summed E-state index contributed by atoms with van der Waals surface area (Å²) in [7, 11) is 0. The van der Waals surface area contributed by atoms with Crippen LogP contribution in [0.1, 0.15) is 10.7 Å². The van der Waals surface area contributed by atoms with Crippen LogP contribution in [0.4, 0.5) is 0 Å². The first kappa shape index (κ1) is 11.7. The summed E-state index contributed by atoms with van der Waals surface area (Å²) in [6.45, 7) is 0.913. The number of rotatable bonds is 5. The summed E-state index contributed by atoms with van der Waals surface area (Å²) in [4.78, 5) is 15.1. The van der Waals surface area contributed by atoms with E-state index in [9.17, 15) is 4.79 Å². The van der Waals surface area contributed by atoms with Crippen molar-refractivity contribution >= 4 is 17.2 Å². The van der Waals surface area contributed by atoms with Gasteiger partial charge in [0.05, 0.1) is 25.8 Å². The molecule has 0 aliphatic carbocycles. The summed E-state index contributed by atoms with van der Waals surface area (Å²) in [5.74, 6) is -0.209. The second-order valence-electron chi connectivity index (χ2n) is 3.31. The third-order valence-electron chi connectivity index (χ3n) is 2.02. The van der Waals surface area contributed by atoms with E-state index in [4.69, 9.17) is 5.73 Å². The molecule has 2 aromatic rings. The molecule has 0 saturated heterocycles. The summed E-state index contributed by atoms with van der Waals surface area (Å²) in [6, 6.07) is 0. The van der Waals surface area contributed by atoms with Crippen molar-refractivity contribution in [3.05, 3.63) is 28.5 Å². The number of nitrogens with two attached hydrogens (primary N) is 1. The monoisotopic (exact) mass is 252 g/mol. The minimum absolute atomic E-state index is 0.0206. The molecule has 2 rings (SSSR count). The molecule has 0 fully saturated rings. The molecule has 0 saturated carbocycles. The molecule has 2 heterocycles. The lowest BCUT2D eigenvalue weighted by molar-refractivity contribution is -0.119. The zero-order chi connectivity index (χ0) is 12.1. The lowest BCUT2D eigenvalue weighted by atomic mass is 10.4. The van der Waals surface area contributed by atoms with E-state index in [1.165, 1.54) is 0 Å². The van der Waals surface area contributed by atoms with Gasteiger partial charge >= 0.3 is 0 Å². The highest BCUT2D eigenvalue weighted by molar-refractivity contribution is 7.09. The van der Waals surface area contributed by atoms with Crippen molar-refractivity contribution in [2.24, 2.45) is 5.73 Å². The molecular weight excluding hydrogens is 240 g/mol. The maximum atomic E-state index is 10.9. The van der Waals surface area contributed by atoms with Gasteiger partial charge in [-0.2, -0.15) is 0 Å². The SMILES string of the molecule is NCC(=O)NCc1cn(Cc2nccs2)nn1. The van der Waals surface area contributed by atoms with Crippen LogP contribution in [0, 0.1) is 0 Å². The van der Waals surface area contributed by atoms with Crippen molar-refractivity contribution in [2.45, 2.75) is 13.1 Å². The first-order valence-electron chi connectivity index (χ1n) is 5.02. The van der Waals surface area contributed by atoms with Crippen LogP contribution in [0.15, 0.2) is 17.8 Å². The Hall–Kier alpha value is -1.80. The van der Waals surface area contributed by atoms with E-state index in [1.807, 2.05) is 5.38 Å². The fraction of sp³-hybridized carbons (Fsp3) is 0.333. The minimum atomic E-state index is -0.209. The summed E-state index contributed by atoms with van der Waals surface area (Å²) >= 11 is 1.56. The molecule has 0 radical (unpaired) electrons. The van der Waals surface area contributed by atoms with Crippen LogP contribution in [0.25, 0.3) is 0 Å². The third kappa shape index (κ3) is 3.33. The Labute approximate surface area is 102 Å². The van der Waals surface area contributed by atoms with Gasteiger partial charge in [0.15, 0.2) is 0 Å². The predicted octanol–water partition coefficient (Wildman–Crippen LogP) is -0.642. The Morgan fingerprint density at radius 2 is 2.47 bits per heavy atom. The number of carbonyl (C=O) groups excluding carboxylic acids is 1. The predicted molar refractivity (Wildman–Crippen MR) is 62.1 cm³/mol. The van der Waals surface area contributed by atoms with Gasteiger partial charge in [0, 0.05) is 11.6 Å². The maximum Gasteiger partial charge on any atom is 0.234 e. The summed E-state index contributed by atoms with van der Waals surface area (Å²) < 4.78 is 1.68. The van der Waals surface area contributed by atoms with E-state index in [-0.39, 0.29) is 12.5 Å². The number of amides is 1. The van der Waals surface area contributed by atoms with Gasteiger partial charge in [0.2, 0.25) is 5.91 Å². The molecule has 0 spiro atoms. The first-order valence-corrected chi connectivity index (χ1v) is 5.90. The van der Waals surface area contributed by atoms with Crippen LogP contribution in [0.3, 0.4) is 0 Å². The quantitative estimate of drug-likeness (QED) is 0.737. The molecule has 0 atom stereocenters. The molecular formula is C9H12N6OS. The largest absolute Gasteiger partial charge is 0.349 e. The van der Waals surface area contributed by atoms with E-state index in [2.05, 4.69) is 20.6 Å².